The number of aromatic nitrogens is 2. The van der Waals surface area contributed by atoms with E-state index in [0.29, 0.717) is 30.6 Å². The van der Waals surface area contributed by atoms with Crippen molar-refractivity contribution < 1.29 is 4.79 Å². The topological polar surface area (TPSA) is 61.4 Å². The van der Waals surface area contributed by atoms with Gasteiger partial charge in [-0.05, 0) is 38.0 Å². The van der Waals surface area contributed by atoms with Gasteiger partial charge in [-0.2, -0.15) is 0 Å². The fourth-order valence-electron chi connectivity index (χ4n) is 3.06. The summed E-state index contributed by atoms with van der Waals surface area (Å²) in [6.45, 7) is 9.36. The van der Waals surface area contributed by atoms with E-state index in [1.54, 1.807) is 6.07 Å². The summed E-state index contributed by atoms with van der Waals surface area (Å²) in [6, 6.07) is 10.6. The molecule has 1 aromatic carbocycles. The Balaban J connectivity index is 1.62. The first-order valence-corrected chi connectivity index (χ1v) is 9.26. The Hall–Kier alpha value is -2.63. The number of nitrogens with zero attached hydrogens (tertiary/aromatic N) is 4. The molecule has 26 heavy (non-hydrogen) atoms. The zero-order valence-electron chi connectivity index (χ0n) is 15.8. The minimum atomic E-state index is -0.0245. The average molecular weight is 353 g/mol. The van der Waals surface area contributed by atoms with Crippen LogP contribution in [0, 0.1) is 6.92 Å². The number of nitrogens with one attached hydrogen (secondary N) is 1. The number of rotatable bonds is 5. The van der Waals surface area contributed by atoms with E-state index in [1.165, 1.54) is 17.6 Å². The third-order valence-corrected chi connectivity index (χ3v) is 4.83. The van der Waals surface area contributed by atoms with Gasteiger partial charge in [-0.15, -0.1) is 0 Å². The molecular weight excluding hydrogens is 326 g/mol. The zero-order chi connectivity index (χ0) is 18.5. The number of anilines is 2. The van der Waals surface area contributed by atoms with E-state index in [0.717, 1.165) is 19.5 Å². The highest BCUT2D eigenvalue weighted by Crippen LogP contribution is 2.19. The standard InChI is InChI=1S/C20H27N5O/c1-4-16(3)23-19-13-18(21-14-22-19)20(26)25-10-8-24(9-11-25)17-7-5-6-15(2)12-17/h5-7,12-14,16H,4,8-11H2,1-3H3,(H,21,22,23). The van der Waals surface area contributed by atoms with Gasteiger partial charge in [-0.25, -0.2) is 9.97 Å². The van der Waals surface area contributed by atoms with Crippen molar-refractivity contribution in [3.8, 4) is 0 Å². The number of hydrogen-bond donors (Lipinski definition) is 1. The van der Waals surface area contributed by atoms with Crippen LogP contribution in [0.25, 0.3) is 0 Å². The van der Waals surface area contributed by atoms with Gasteiger partial charge >= 0.3 is 0 Å². The highest BCUT2D eigenvalue weighted by atomic mass is 16.2. The Kier molecular flexibility index (Phi) is 5.71. The van der Waals surface area contributed by atoms with Crippen LogP contribution < -0.4 is 10.2 Å². The first-order valence-electron chi connectivity index (χ1n) is 9.26. The number of carbonyl (C=O) groups excluding carboxylic acids is 1. The van der Waals surface area contributed by atoms with Crippen molar-refractivity contribution in [2.75, 3.05) is 36.4 Å². The molecule has 0 spiro atoms. The van der Waals surface area contributed by atoms with Gasteiger partial charge in [0.1, 0.15) is 17.8 Å². The van der Waals surface area contributed by atoms with Crippen LogP contribution in [0.15, 0.2) is 36.7 Å². The number of piperazine rings is 1. The molecule has 138 valence electrons. The molecule has 0 radical (unpaired) electrons. The van der Waals surface area contributed by atoms with Crippen LogP contribution in [-0.2, 0) is 0 Å². The van der Waals surface area contributed by atoms with Gasteiger partial charge < -0.3 is 15.1 Å². The fourth-order valence-corrected chi connectivity index (χ4v) is 3.06. The highest BCUT2D eigenvalue weighted by molar-refractivity contribution is 5.93. The van der Waals surface area contributed by atoms with Crippen molar-refractivity contribution in [2.24, 2.45) is 0 Å². The Morgan fingerprint density at radius 3 is 2.65 bits per heavy atom. The molecule has 2 aromatic rings. The maximum absolute atomic E-state index is 12.8. The van der Waals surface area contributed by atoms with E-state index >= 15 is 0 Å². The van der Waals surface area contributed by atoms with Gasteiger partial charge in [-0.1, -0.05) is 19.1 Å². The average Bonchev–Trinajstić information content (AvgIpc) is 2.67. The maximum Gasteiger partial charge on any atom is 0.272 e. The lowest BCUT2D eigenvalue weighted by Crippen LogP contribution is -2.49. The quantitative estimate of drug-likeness (QED) is 0.895. The zero-order valence-corrected chi connectivity index (χ0v) is 15.8. The summed E-state index contributed by atoms with van der Waals surface area (Å²) in [6.07, 6.45) is 2.45. The van der Waals surface area contributed by atoms with Crippen molar-refractivity contribution in [1.29, 1.82) is 0 Å². The summed E-state index contributed by atoms with van der Waals surface area (Å²) in [5, 5.41) is 3.29. The summed E-state index contributed by atoms with van der Waals surface area (Å²) in [5.74, 6) is 0.680. The molecule has 1 saturated heterocycles. The van der Waals surface area contributed by atoms with E-state index < -0.39 is 0 Å². The first-order chi connectivity index (χ1) is 12.6. The third kappa shape index (κ3) is 4.31. The number of hydrogen-bond acceptors (Lipinski definition) is 5. The molecule has 2 heterocycles. The smallest absolute Gasteiger partial charge is 0.272 e. The molecule has 1 aromatic heterocycles. The second kappa shape index (κ2) is 8.17. The van der Waals surface area contributed by atoms with Gasteiger partial charge in [0.25, 0.3) is 5.91 Å². The second-order valence-electron chi connectivity index (χ2n) is 6.86. The van der Waals surface area contributed by atoms with E-state index in [9.17, 15) is 4.79 Å². The number of carbonyl (C=O) groups is 1. The minimum Gasteiger partial charge on any atom is -0.368 e. The number of aryl methyl sites for hydroxylation is 1. The molecule has 0 aliphatic carbocycles. The van der Waals surface area contributed by atoms with Crippen LogP contribution in [0.4, 0.5) is 11.5 Å². The molecule has 1 N–H and O–H groups in total. The van der Waals surface area contributed by atoms with Gasteiger partial charge in [-0.3, -0.25) is 4.79 Å². The van der Waals surface area contributed by atoms with Gasteiger partial charge in [0.15, 0.2) is 0 Å². The Labute approximate surface area is 155 Å². The van der Waals surface area contributed by atoms with Gasteiger partial charge in [0.05, 0.1) is 0 Å². The minimum absolute atomic E-state index is 0.0245. The van der Waals surface area contributed by atoms with E-state index in [2.05, 4.69) is 65.2 Å². The van der Waals surface area contributed by atoms with Crippen molar-refractivity contribution in [3.05, 3.63) is 47.9 Å². The van der Waals surface area contributed by atoms with Crippen LogP contribution in [0.1, 0.15) is 36.3 Å². The second-order valence-corrected chi connectivity index (χ2v) is 6.86. The lowest BCUT2D eigenvalue weighted by molar-refractivity contribution is 0.0740. The van der Waals surface area contributed by atoms with Crippen LogP contribution in [0.5, 0.6) is 0 Å². The lowest BCUT2D eigenvalue weighted by Gasteiger charge is -2.36. The monoisotopic (exact) mass is 353 g/mol. The summed E-state index contributed by atoms with van der Waals surface area (Å²) in [7, 11) is 0. The number of benzene rings is 1. The molecule has 0 bridgehead atoms. The molecule has 6 nitrogen and oxygen atoms in total. The molecule has 1 aliphatic heterocycles. The molecule has 1 amide bonds. The van der Waals surface area contributed by atoms with Crippen molar-refractivity contribution >= 4 is 17.4 Å². The molecule has 1 aliphatic rings. The van der Waals surface area contributed by atoms with Crippen molar-refractivity contribution in [1.82, 2.24) is 14.9 Å². The van der Waals surface area contributed by atoms with E-state index in [-0.39, 0.29) is 5.91 Å². The maximum atomic E-state index is 12.8. The van der Waals surface area contributed by atoms with E-state index in [1.807, 2.05) is 4.90 Å². The lowest BCUT2D eigenvalue weighted by atomic mass is 10.2. The molecular formula is C20H27N5O. The predicted molar refractivity (Wildman–Crippen MR) is 105 cm³/mol. The molecule has 1 unspecified atom stereocenters. The largest absolute Gasteiger partial charge is 0.368 e. The summed E-state index contributed by atoms with van der Waals surface area (Å²) >= 11 is 0. The molecule has 1 atom stereocenters. The Morgan fingerprint density at radius 1 is 1.19 bits per heavy atom. The summed E-state index contributed by atoms with van der Waals surface area (Å²) < 4.78 is 0. The van der Waals surface area contributed by atoms with Gasteiger partial charge in [0.2, 0.25) is 0 Å². The van der Waals surface area contributed by atoms with Crippen LogP contribution in [-0.4, -0.2) is 53.0 Å². The van der Waals surface area contributed by atoms with Crippen molar-refractivity contribution in [3.63, 3.8) is 0 Å². The summed E-state index contributed by atoms with van der Waals surface area (Å²) in [4.78, 5) is 25.4. The van der Waals surface area contributed by atoms with Gasteiger partial charge in [0, 0.05) is 44.0 Å². The summed E-state index contributed by atoms with van der Waals surface area (Å²) in [5.41, 5.74) is 2.93. The predicted octanol–water partition coefficient (Wildman–Crippen LogP) is 2.96. The Morgan fingerprint density at radius 2 is 1.96 bits per heavy atom. The van der Waals surface area contributed by atoms with Crippen LogP contribution in [0.3, 0.4) is 0 Å². The highest BCUT2D eigenvalue weighted by Gasteiger charge is 2.23. The van der Waals surface area contributed by atoms with Crippen LogP contribution >= 0.6 is 0 Å². The third-order valence-electron chi connectivity index (χ3n) is 4.83. The SMILES string of the molecule is CCC(C)Nc1cc(C(=O)N2CCN(c3cccc(C)c3)CC2)ncn1. The molecule has 3 rings (SSSR count). The Bertz CT molecular complexity index is 755. The van der Waals surface area contributed by atoms with Crippen LogP contribution in [0.2, 0.25) is 0 Å². The molecule has 0 saturated carbocycles. The van der Waals surface area contributed by atoms with Crippen molar-refractivity contribution in [2.45, 2.75) is 33.2 Å². The molecule has 6 heteroatoms. The normalized spacial score (nSPS) is 15.7. The number of amides is 1. The first kappa shape index (κ1) is 18.2. The fraction of sp³-hybridized carbons (Fsp3) is 0.450. The van der Waals surface area contributed by atoms with E-state index in [4.69, 9.17) is 0 Å². The molecule has 1 fully saturated rings.